The molecule has 3 rings (SSSR count). The Kier molecular flexibility index (Phi) is 7.04. The lowest BCUT2D eigenvalue weighted by molar-refractivity contribution is -0.121. The topological polar surface area (TPSA) is 58.4 Å². The van der Waals surface area contributed by atoms with Crippen LogP contribution in [0, 0.1) is 6.92 Å². The summed E-state index contributed by atoms with van der Waals surface area (Å²) in [4.78, 5) is 18.8. The molecule has 1 heterocycles. The van der Waals surface area contributed by atoms with Gasteiger partial charge in [0.15, 0.2) is 11.7 Å². The number of carbonyl (C=O) groups excluding carboxylic acids is 1. The molecule has 1 aromatic heterocycles. The predicted octanol–water partition coefficient (Wildman–Crippen LogP) is 3.96. The first kappa shape index (κ1) is 19.6. The van der Waals surface area contributed by atoms with Crippen molar-refractivity contribution >= 4 is 5.91 Å². The first-order valence-electron chi connectivity index (χ1n) is 10.1. The lowest BCUT2D eigenvalue weighted by Crippen LogP contribution is -2.39. The van der Waals surface area contributed by atoms with Crippen molar-refractivity contribution in [3.63, 3.8) is 0 Å². The summed E-state index contributed by atoms with van der Waals surface area (Å²) in [6.07, 6.45) is 9.28. The van der Waals surface area contributed by atoms with Crippen molar-refractivity contribution in [2.45, 2.75) is 57.9 Å². The second-order valence-corrected chi connectivity index (χ2v) is 7.61. The molecule has 146 valence electrons. The number of benzene rings is 1. The molecule has 0 spiro atoms. The van der Waals surface area contributed by atoms with Crippen LogP contribution in [0.1, 0.15) is 50.0 Å². The minimum Gasteiger partial charge on any atom is -0.441 e. The number of rotatable bonds is 8. The van der Waals surface area contributed by atoms with Crippen molar-refractivity contribution in [3.8, 4) is 11.3 Å². The van der Waals surface area contributed by atoms with E-state index in [9.17, 15) is 4.79 Å². The number of likely N-dealkylation sites (N-methyl/N-ethyl adjacent to an activating group) is 1. The van der Waals surface area contributed by atoms with Crippen molar-refractivity contribution in [3.05, 3.63) is 41.9 Å². The monoisotopic (exact) mass is 369 g/mol. The fourth-order valence-electron chi connectivity index (χ4n) is 3.66. The van der Waals surface area contributed by atoms with Gasteiger partial charge in [-0.1, -0.05) is 49.1 Å². The first-order chi connectivity index (χ1) is 13.1. The maximum Gasteiger partial charge on any atom is 0.220 e. The van der Waals surface area contributed by atoms with Crippen molar-refractivity contribution in [1.82, 2.24) is 15.2 Å². The molecule has 1 aliphatic carbocycles. The molecule has 5 nitrogen and oxygen atoms in total. The van der Waals surface area contributed by atoms with Crippen LogP contribution >= 0.6 is 0 Å². The summed E-state index contributed by atoms with van der Waals surface area (Å²) < 4.78 is 5.78. The van der Waals surface area contributed by atoms with Crippen LogP contribution in [0.5, 0.6) is 0 Å². The van der Waals surface area contributed by atoms with E-state index >= 15 is 0 Å². The van der Waals surface area contributed by atoms with Crippen LogP contribution in [0.4, 0.5) is 0 Å². The van der Waals surface area contributed by atoms with Gasteiger partial charge in [0.1, 0.15) is 0 Å². The van der Waals surface area contributed by atoms with E-state index in [1.807, 2.05) is 12.1 Å². The molecule has 0 saturated heterocycles. The van der Waals surface area contributed by atoms with Gasteiger partial charge in [0.25, 0.3) is 0 Å². The van der Waals surface area contributed by atoms with Gasteiger partial charge in [-0.3, -0.25) is 4.79 Å². The normalized spacial score (nSPS) is 15.2. The van der Waals surface area contributed by atoms with E-state index in [0.29, 0.717) is 31.3 Å². The lowest BCUT2D eigenvalue weighted by Gasteiger charge is -2.31. The smallest absolute Gasteiger partial charge is 0.220 e. The average molecular weight is 370 g/mol. The van der Waals surface area contributed by atoms with E-state index < -0.39 is 0 Å². The van der Waals surface area contributed by atoms with Crippen LogP contribution in [0.15, 0.2) is 34.9 Å². The maximum atomic E-state index is 12.1. The molecular formula is C22H31N3O2. The zero-order valence-electron chi connectivity index (χ0n) is 16.5. The minimum absolute atomic E-state index is 0.0575. The maximum absolute atomic E-state index is 12.1. The molecule has 0 atom stereocenters. The number of hydrogen-bond acceptors (Lipinski definition) is 4. The molecule has 0 aliphatic heterocycles. The number of carbonyl (C=O) groups is 1. The fourth-order valence-corrected chi connectivity index (χ4v) is 3.66. The molecule has 0 radical (unpaired) electrons. The molecule has 1 aliphatic rings. The quantitative estimate of drug-likeness (QED) is 0.765. The molecule has 1 fully saturated rings. The first-order valence-corrected chi connectivity index (χ1v) is 10.1. The van der Waals surface area contributed by atoms with Crippen LogP contribution < -0.4 is 5.32 Å². The SMILES string of the molecule is Cc1ccc(-c2cnc(CCC(=O)NCCN(C)C3CCCCC3)o2)cc1. The second kappa shape index (κ2) is 9.70. The number of amides is 1. The molecule has 1 aromatic carbocycles. The number of hydrogen-bond donors (Lipinski definition) is 1. The van der Waals surface area contributed by atoms with Crippen molar-refractivity contribution in [2.24, 2.45) is 0 Å². The number of nitrogens with zero attached hydrogens (tertiary/aromatic N) is 2. The van der Waals surface area contributed by atoms with Crippen LogP contribution in [-0.2, 0) is 11.2 Å². The second-order valence-electron chi connectivity index (χ2n) is 7.61. The minimum atomic E-state index is 0.0575. The van der Waals surface area contributed by atoms with Crippen molar-refractivity contribution in [2.75, 3.05) is 20.1 Å². The summed E-state index contributed by atoms with van der Waals surface area (Å²) in [5, 5.41) is 3.02. The van der Waals surface area contributed by atoms with Crippen molar-refractivity contribution in [1.29, 1.82) is 0 Å². The molecular weight excluding hydrogens is 338 g/mol. The van der Waals surface area contributed by atoms with Crippen LogP contribution in [0.3, 0.4) is 0 Å². The highest BCUT2D eigenvalue weighted by atomic mass is 16.4. The highest BCUT2D eigenvalue weighted by Crippen LogP contribution is 2.22. The third-order valence-corrected chi connectivity index (χ3v) is 5.44. The number of aryl methyl sites for hydroxylation is 2. The van der Waals surface area contributed by atoms with E-state index in [-0.39, 0.29) is 5.91 Å². The van der Waals surface area contributed by atoms with E-state index in [1.165, 1.54) is 37.7 Å². The van der Waals surface area contributed by atoms with Gasteiger partial charge in [-0.25, -0.2) is 4.98 Å². The Hall–Kier alpha value is -2.14. The molecule has 2 aromatic rings. The largest absolute Gasteiger partial charge is 0.441 e. The Balaban J connectivity index is 1.37. The Bertz CT molecular complexity index is 717. The zero-order chi connectivity index (χ0) is 19.1. The van der Waals surface area contributed by atoms with Gasteiger partial charge in [0.2, 0.25) is 5.91 Å². The van der Waals surface area contributed by atoms with Crippen LogP contribution in [-0.4, -0.2) is 42.0 Å². The van der Waals surface area contributed by atoms with Gasteiger partial charge in [0.05, 0.1) is 6.20 Å². The highest BCUT2D eigenvalue weighted by Gasteiger charge is 2.17. The molecule has 1 amide bonds. The highest BCUT2D eigenvalue weighted by molar-refractivity contribution is 5.76. The number of oxazole rings is 1. The van der Waals surface area contributed by atoms with E-state index in [1.54, 1.807) is 6.20 Å². The molecule has 1 N–H and O–H groups in total. The van der Waals surface area contributed by atoms with Gasteiger partial charge in [-0.05, 0) is 26.8 Å². The Morgan fingerprint density at radius 3 is 2.70 bits per heavy atom. The molecule has 0 unspecified atom stereocenters. The van der Waals surface area contributed by atoms with E-state index in [2.05, 4.69) is 41.3 Å². The van der Waals surface area contributed by atoms with Gasteiger partial charge in [0, 0.05) is 37.5 Å². The summed E-state index contributed by atoms with van der Waals surface area (Å²) >= 11 is 0. The molecule has 1 saturated carbocycles. The van der Waals surface area contributed by atoms with Gasteiger partial charge < -0.3 is 14.6 Å². The van der Waals surface area contributed by atoms with Crippen molar-refractivity contribution < 1.29 is 9.21 Å². The zero-order valence-corrected chi connectivity index (χ0v) is 16.5. The molecule has 0 bridgehead atoms. The summed E-state index contributed by atoms with van der Waals surface area (Å²) in [6.45, 7) is 3.67. The lowest BCUT2D eigenvalue weighted by atomic mass is 9.94. The summed E-state index contributed by atoms with van der Waals surface area (Å²) in [7, 11) is 2.17. The van der Waals surface area contributed by atoms with E-state index in [0.717, 1.165) is 17.9 Å². The Morgan fingerprint density at radius 2 is 1.96 bits per heavy atom. The Labute approximate surface area is 162 Å². The molecule has 5 heteroatoms. The summed E-state index contributed by atoms with van der Waals surface area (Å²) in [6, 6.07) is 8.83. The third kappa shape index (κ3) is 5.93. The fraction of sp³-hybridized carbons (Fsp3) is 0.545. The van der Waals surface area contributed by atoms with Gasteiger partial charge >= 0.3 is 0 Å². The van der Waals surface area contributed by atoms with Crippen LogP contribution in [0.2, 0.25) is 0 Å². The van der Waals surface area contributed by atoms with Gasteiger partial charge in [-0.2, -0.15) is 0 Å². The summed E-state index contributed by atoms with van der Waals surface area (Å²) in [5.74, 6) is 1.42. The molecule has 27 heavy (non-hydrogen) atoms. The average Bonchev–Trinajstić information content (AvgIpc) is 3.16. The summed E-state index contributed by atoms with van der Waals surface area (Å²) in [5.41, 5.74) is 2.22. The predicted molar refractivity (Wildman–Crippen MR) is 108 cm³/mol. The number of aromatic nitrogens is 1. The standard InChI is InChI=1S/C22H31N3O2/c1-17-8-10-18(11-9-17)20-16-24-22(27-20)13-12-21(26)23-14-15-25(2)19-6-4-3-5-7-19/h8-11,16,19H,3-7,12-15H2,1-2H3,(H,23,26). The Morgan fingerprint density at radius 1 is 1.22 bits per heavy atom. The van der Waals surface area contributed by atoms with Gasteiger partial charge in [-0.15, -0.1) is 0 Å². The van der Waals surface area contributed by atoms with E-state index in [4.69, 9.17) is 4.42 Å². The number of nitrogens with one attached hydrogen (secondary N) is 1. The van der Waals surface area contributed by atoms with Crippen LogP contribution in [0.25, 0.3) is 11.3 Å². The third-order valence-electron chi connectivity index (χ3n) is 5.44.